The predicted octanol–water partition coefficient (Wildman–Crippen LogP) is 4.77. The monoisotopic (exact) mass is 440 g/mol. The van der Waals surface area contributed by atoms with Gasteiger partial charge in [0.15, 0.2) is 0 Å². The van der Waals surface area contributed by atoms with E-state index in [9.17, 15) is 19.7 Å². The summed E-state index contributed by atoms with van der Waals surface area (Å²) in [5, 5.41) is 11.8. The predicted molar refractivity (Wildman–Crippen MR) is 116 cm³/mol. The number of hydrogen-bond acceptors (Lipinski definition) is 5. The van der Waals surface area contributed by atoms with Gasteiger partial charge in [0.05, 0.1) is 17.0 Å². The Morgan fingerprint density at radius 1 is 1.32 bits per heavy atom. The first-order valence-corrected chi connectivity index (χ1v) is 9.97. The Hall–Kier alpha value is -3.45. The van der Waals surface area contributed by atoms with Gasteiger partial charge in [-0.2, -0.15) is 0 Å². The third kappa shape index (κ3) is 5.00. The minimum Gasteiger partial charge on any atom is -0.458 e. The molecule has 0 spiro atoms. The van der Waals surface area contributed by atoms with Crippen molar-refractivity contribution in [3.8, 4) is 0 Å². The number of nitro benzene ring substituents is 1. The van der Waals surface area contributed by atoms with Crippen molar-refractivity contribution < 1.29 is 19.2 Å². The van der Waals surface area contributed by atoms with Crippen LogP contribution in [0.2, 0.25) is 5.02 Å². The van der Waals surface area contributed by atoms with Crippen LogP contribution < -0.4 is 0 Å². The van der Waals surface area contributed by atoms with E-state index < -0.39 is 16.8 Å². The lowest BCUT2D eigenvalue weighted by atomic mass is 9.83. The van der Waals surface area contributed by atoms with Crippen LogP contribution in [-0.4, -0.2) is 28.3 Å². The average molecular weight is 441 g/mol. The minimum absolute atomic E-state index is 0.0134. The van der Waals surface area contributed by atoms with E-state index in [1.807, 2.05) is 6.07 Å². The van der Waals surface area contributed by atoms with Crippen LogP contribution in [-0.2, 0) is 20.9 Å². The van der Waals surface area contributed by atoms with E-state index in [1.165, 1.54) is 29.2 Å². The van der Waals surface area contributed by atoms with Gasteiger partial charge in [-0.15, -0.1) is 0 Å². The zero-order chi connectivity index (χ0) is 22.5. The Kier molecular flexibility index (Phi) is 6.87. The maximum Gasteiger partial charge on any atom is 0.336 e. The maximum absolute atomic E-state index is 13.0. The SMILES string of the molecule is C=CCOC(=O)C1=C(C)N(Cc2cccc(Cl)c2)C(=O)CC1c1cccc([N+](=O)[O-])c1. The van der Waals surface area contributed by atoms with Crippen LogP contribution in [0.15, 0.2) is 72.5 Å². The van der Waals surface area contributed by atoms with Crippen molar-refractivity contribution in [2.45, 2.75) is 25.8 Å². The zero-order valence-corrected chi connectivity index (χ0v) is 17.7. The number of rotatable bonds is 7. The van der Waals surface area contributed by atoms with E-state index in [4.69, 9.17) is 16.3 Å². The van der Waals surface area contributed by atoms with Crippen LogP contribution in [0.4, 0.5) is 5.69 Å². The molecule has 0 bridgehead atoms. The lowest BCUT2D eigenvalue weighted by molar-refractivity contribution is -0.384. The highest BCUT2D eigenvalue weighted by molar-refractivity contribution is 6.30. The maximum atomic E-state index is 13.0. The standard InChI is InChI=1S/C23H21ClN2O5/c1-3-10-31-23(28)22-15(2)25(14-16-6-4-8-18(24)11-16)21(27)13-20(22)17-7-5-9-19(12-17)26(29)30/h3-9,11-12,20H,1,10,13-14H2,2H3. The Morgan fingerprint density at radius 3 is 2.74 bits per heavy atom. The summed E-state index contributed by atoms with van der Waals surface area (Å²) < 4.78 is 5.28. The summed E-state index contributed by atoms with van der Waals surface area (Å²) in [7, 11) is 0. The largest absolute Gasteiger partial charge is 0.458 e. The Balaban J connectivity index is 2.05. The van der Waals surface area contributed by atoms with Crippen molar-refractivity contribution in [2.24, 2.45) is 0 Å². The zero-order valence-electron chi connectivity index (χ0n) is 16.9. The first-order valence-electron chi connectivity index (χ1n) is 9.59. The smallest absolute Gasteiger partial charge is 0.336 e. The Bertz CT molecular complexity index is 1080. The summed E-state index contributed by atoms with van der Waals surface area (Å²) in [5.41, 5.74) is 1.95. The Morgan fingerprint density at radius 2 is 2.06 bits per heavy atom. The molecule has 0 aromatic heterocycles. The number of allylic oxidation sites excluding steroid dienone is 1. The molecule has 1 aliphatic rings. The van der Waals surface area contributed by atoms with Crippen LogP contribution in [0.5, 0.6) is 0 Å². The molecule has 31 heavy (non-hydrogen) atoms. The van der Waals surface area contributed by atoms with Crippen molar-refractivity contribution in [3.63, 3.8) is 0 Å². The summed E-state index contributed by atoms with van der Waals surface area (Å²) in [6.07, 6.45) is 1.44. The highest BCUT2D eigenvalue weighted by atomic mass is 35.5. The quantitative estimate of drug-likeness (QED) is 0.268. The third-order valence-corrected chi connectivity index (χ3v) is 5.32. The number of carbonyl (C=O) groups is 2. The van der Waals surface area contributed by atoms with E-state index in [0.29, 0.717) is 21.9 Å². The van der Waals surface area contributed by atoms with Gasteiger partial charge in [0.25, 0.3) is 5.69 Å². The summed E-state index contributed by atoms with van der Waals surface area (Å²) >= 11 is 6.06. The van der Waals surface area contributed by atoms with Crippen LogP contribution >= 0.6 is 11.6 Å². The van der Waals surface area contributed by atoms with Gasteiger partial charge in [-0.05, 0) is 30.2 Å². The molecule has 1 aliphatic heterocycles. The molecule has 2 aromatic rings. The molecular formula is C23H21ClN2O5. The second-order valence-electron chi connectivity index (χ2n) is 7.10. The number of esters is 1. The highest BCUT2D eigenvalue weighted by Crippen LogP contribution is 2.38. The van der Waals surface area contributed by atoms with Gasteiger partial charge in [0.1, 0.15) is 6.61 Å². The molecule has 1 heterocycles. The second-order valence-corrected chi connectivity index (χ2v) is 7.54. The summed E-state index contributed by atoms with van der Waals surface area (Å²) in [6.45, 7) is 5.48. The molecule has 1 atom stereocenters. The van der Waals surface area contributed by atoms with Gasteiger partial charge in [-0.25, -0.2) is 4.79 Å². The normalized spacial score (nSPS) is 16.3. The topological polar surface area (TPSA) is 89.8 Å². The van der Waals surface area contributed by atoms with Crippen molar-refractivity contribution in [2.75, 3.05) is 6.61 Å². The fraction of sp³-hybridized carbons (Fsp3) is 0.217. The van der Waals surface area contributed by atoms with E-state index in [0.717, 1.165) is 5.56 Å². The van der Waals surface area contributed by atoms with Crippen LogP contribution in [0.1, 0.15) is 30.4 Å². The van der Waals surface area contributed by atoms with Crippen molar-refractivity contribution in [3.05, 3.63) is 98.7 Å². The molecule has 0 aliphatic carbocycles. The molecule has 160 valence electrons. The van der Waals surface area contributed by atoms with E-state index >= 15 is 0 Å². The van der Waals surface area contributed by atoms with Crippen molar-refractivity contribution >= 4 is 29.2 Å². The molecule has 3 rings (SSSR count). The lowest BCUT2D eigenvalue weighted by Crippen LogP contribution is -2.38. The number of hydrogen-bond donors (Lipinski definition) is 0. The van der Waals surface area contributed by atoms with Crippen LogP contribution in [0.25, 0.3) is 0 Å². The van der Waals surface area contributed by atoms with Gasteiger partial charge in [0, 0.05) is 35.2 Å². The fourth-order valence-corrected chi connectivity index (χ4v) is 3.85. The fourth-order valence-electron chi connectivity index (χ4n) is 3.64. The average Bonchev–Trinajstić information content (AvgIpc) is 2.74. The third-order valence-electron chi connectivity index (χ3n) is 5.09. The number of carbonyl (C=O) groups excluding carboxylic acids is 2. The minimum atomic E-state index is -0.652. The number of ether oxygens (including phenoxy) is 1. The van der Waals surface area contributed by atoms with Gasteiger partial charge >= 0.3 is 5.97 Å². The number of halogens is 1. The molecule has 7 nitrogen and oxygen atoms in total. The first-order chi connectivity index (χ1) is 14.8. The van der Waals surface area contributed by atoms with Crippen LogP contribution in [0.3, 0.4) is 0 Å². The molecule has 8 heteroatoms. The second kappa shape index (κ2) is 9.57. The lowest BCUT2D eigenvalue weighted by Gasteiger charge is -2.34. The molecule has 0 saturated heterocycles. The summed E-state index contributed by atoms with van der Waals surface area (Å²) in [5.74, 6) is -1.44. The number of nitro groups is 1. The van der Waals surface area contributed by atoms with Crippen molar-refractivity contribution in [1.29, 1.82) is 0 Å². The molecule has 0 fully saturated rings. The van der Waals surface area contributed by atoms with Crippen LogP contribution in [0, 0.1) is 10.1 Å². The first kappa shape index (κ1) is 22.2. The summed E-state index contributed by atoms with van der Waals surface area (Å²) in [4.78, 5) is 38.2. The summed E-state index contributed by atoms with van der Waals surface area (Å²) in [6, 6.07) is 13.1. The molecule has 1 amide bonds. The van der Waals surface area contributed by atoms with E-state index in [2.05, 4.69) is 6.58 Å². The molecule has 0 saturated carbocycles. The molecule has 0 radical (unpaired) electrons. The molecule has 2 aromatic carbocycles. The molecular weight excluding hydrogens is 420 g/mol. The number of nitrogens with zero attached hydrogens (tertiary/aromatic N) is 2. The Labute approximate surface area is 184 Å². The van der Waals surface area contributed by atoms with Gasteiger partial charge in [0.2, 0.25) is 5.91 Å². The highest BCUT2D eigenvalue weighted by Gasteiger charge is 2.37. The van der Waals surface area contributed by atoms with Gasteiger partial charge < -0.3 is 9.64 Å². The number of non-ortho nitro benzene ring substituents is 1. The molecule has 0 N–H and O–H groups in total. The van der Waals surface area contributed by atoms with E-state index in [1.54, 1.807) is 31.2 Å². The number of amides is 1. The van der Waals surface area contributed by atoms with Gasteiger partial charge in [-0.1, -0.05) is 48.5 Å². The number of benzene rings is 2. The van der Waals surface area contributed by atoms with Gasteiger partial charge in [-0.3, -0.25) is 14.9 Å². The van der Waals surface area contributed by atoms with Crippen molar-refractivity contribution in [1.82, 2.24) is 4.90 Å². The van der Waals surface area contributed by atoms with E-state index in [-0.39, 0.29) is 31.2 Å². The molecule has 1 unspecified atom stereocenters.